The van der Waals surface area contributed by atoms with E-state index in [9.17, 15) is 9.90 Å². The highest BCUT2D eigenvalue weighted by Crippen LogP contribution is 2.12. The molecule has 1 aromatic rings. The van der Waals surface area contributed by atoms with Crippen molar-refractivity contribution in [2.24, 2.45) is 5.92 Å². The number of carbonyl (C=O) groups is 1. The Bertz CT molecular complexity index is 394. The molecule has 0 aliphatic carbocycles. The molecule has 0 aromatic carbocycles. The van der Waals surface area contributed by atoms with Gasteiger partial charge in [0.2, 0.25) is 11.8 Å². The minimum Gasteiger partial charge on any atom is -0.475 e. The van der Waals surface area contributed by atoms with Gasteiger partial charge in [0.1, 0.15) is 12.4 Å². The van der Waals surface area contributed by atoms with Crippen molar-refractivity contribution in [2.75, 3.05) is 11.9 Å². The third-order valence-corrected chi connectivity index (χ3v) is 2.39. The molecule has 1 atom stereocenters. The molecule has 0 fully saturated rings. The molecule has 5 nitrogen and oxygen atoms in total. The lowest BCUT2D eigenvalue weighted by atomic mass is 10.2. The van der Waals surface area contributed by atoms with Crippen LogP contribution >= 0.6 is 0 Å². The number of amides is 1. The van der Waals surface area contributed by atoms with Gasteiger partial charge >= 0.3 is 0 Å². The molecule has 2 N–H and O–H groups in total. The van der Waals surface area contributed by atoms with E-state index < -0.39 is 6.10 Å². The average molecular weight is 252 g/mol. The molecule has 0 aliphatic heterocycles. The van der Waals surface area contributed by atoms with Crippen LogP contribution in [-0.2, 0) is 4.79 Å². The van der Waals surface area contributed by atoms with Crippen molar-refractivity contribution in [3.63, 3.8) is 0 Å². The largest absolute Gasteiger partial charge is 0.475 e. The standard InChI is InChI=1S/C13H20N2O3/c1-4-10(16)8-18-12-7-5-6-11(14-12)15-13(17)9(2)3/h5-7,9-10,16H,4,8H2,1-3H3,(H,14,15,17)/t10-/m1/s1. The lowest BCUT2D eigenvalue weighted by Gasteiger charge is -2.11. The number of carbonyl (C=O) groups excluding carboxylic acids is 1. The third kappa shape index (κ3) is 4.71. The number of nitrogens with one attached hydrogen (secondary N) is 1. The summed E-state index contributed by atoms with van der Waals surface area (Å²) in [6.07, 6.45) is 0.129. The van der Waals surface area contributed by atoms with Crippen molar-refractivity contribution < 1.29 is 14.6 Å². The maximum Gasteiger partial charge on any atom is 0.228 e. The zero-order valence-electron chi connectivity index (χ0n) is 11.0. The summed E-state index contributed by atoms with van der Waals surface area (Å²) in [6.45, 7) is 5.70. The first-order chi connectivity index (χ1) is 8.52. The van der Waals surface area contributed by atoms with Crippen molar-refractivity contribution in [3.05, 3.63) is 18.2 Å². The molecule has 1 amide bonds. The van der Waals surface area contributed by atoms with E-state index in [1.165, 1.54) is 0 Å². The summed E-state index contributed by atoms with van der Waals surface area (Å²) in [4.78, 5) is 15.6. The molecule has 0 spiro atoms. The maximum atomic E-state index is 11.5. The fourth-order valence-electron chi connectivity index (χ4n) is 1.13. The second kappa shape index (κ2) is 6.96. The molecule has 0 saturated carbocycles. The van der Waals surface area contributed by atoms with Crippen molar-refractivity contribution in [1.82, 2.24) is 4.98 Å². The van der Waals surface area contributed by atoms with Crippen LogP contribution in [0, 0.1) is 5.92 Å². The number of hydrogen-bond donors (Lipinski definition) is 2. The van der Waals surface area contributed by atoms with E-state index in [1.54, 1.807) is 18.2 Å². The quantitative estimate of drug-likeness (QED) is 0.810. The van der Waals surface area contributed by atoms with Crippen LogP contribution in [0.2, 0.25) is 0 Å². The Labute approximate surface area is 107 Å². The van der Waals surface area contributed by atoms with Crippen LogP contribution in [0.15, 0.2) is 18.2 Å². The number of aliphatic hydroxyl groups is 1. The number of nitrogens with zero attached hydrogens (tertiary/aromatic N) is 1. The minimum absolute atomic E-state index is 0.0896. The van der Waals surface area contributed by atoms with E-state index in [-0.39, 0.29) is 18.4 Å². The molecule has 0 bridgehead atoms. The van der Waals surface area contributed by atoms with Crippen molar-refractivity contribution in [1.29, 1.82) is 0 Å². The predicted molar refractivity (Wildman–Crippen MR) is 69.5 cm³/mol. The van der Waals surface area contributed by atoms with Gasteiger partial charge in [-0.2, -0.15) is 4.98 Å². The van der Waals surface area contributed by atoms with Crippen molar-refractivity contribution in [3.8, 4) is 5.88 Å². The molecule has 1 aromatic heterocycles. The number of anilines is 1. The minimum atomic E-state index is -0.499. The van der Waals surface area contributed by atoms with Gasteiger partial charge in [-0.3, -0.25) is 4.79 Å². The summed E-state index contributed by atoms with van der Waals surface area (Å²) in [5.41, 5.74) is 0. The Balaban J connectivity index is 2.59. The summed E-state index contributed by atoms with van der Waals surface area (Å²) >= 11 is 0. The number of ether oxygens (including phenoxy) is 1. The molecule has 18 heavy (non-hydrogen) atoms. The maximum absolute atomic E-state index is 11.5. The van der Waals surface area contributed by atoms with Crippen LogP contribution in [0.5, 0.6) is 5.88 Å². The number of rotatable bonds is 6. The van der Waals surface area contributed by atoms with Crippen LogP contribution in [0.1, 0.15) is 27.2 Å². The van der Waals surface area contributed by atoms with Gasteiger partial charge in [0.25, 0.3) is 0 Å². The van der Waals surface area contributed by atoms with Crippen LogP contribution in [0.4, 0.5) is 5.82 Å². The Morgan fingerprint density at radius 1 is 1.50 bits per heavy atom. The van der Waals surface area contributed by atoms with Crippen molar-refractivity contribution in [2.45, 2.75) is 33.3 Å². The van der Waals surface area contributed by atoms with Crippen molar-refractivity contribution >= 4 is 11.7 Å². The second-order valence-corrected chi connectivity index (χ2v) is 4.38. The fraction of sp³-hybridized carbons (Fsp3) is 0.538. The number of hydrogen-bond acceptors (Lipinski definition) is 4. The molecule has 0 aliphatic rings. The monoisotopic (exact) mass is 252 g/mol. The zero-order valence-corrected chi connectivity index (χ0v) is 11.0. The Morgan fingerprint density at radius 2 is 2.22 bits per heavy atom. The molecular weight excluding hydrogens is 232 g/mol. The molecule has 0 saturated heterocycles. The highest BCUT2D eigenvalue weighted by Gasteiger charge is 2.09. The second-order valence-electron chi connectivity index (χ2n) is 4.38. The van der Waals surface area contributed by atoms with Gasteiger partial charge in [-0.25, -0.2) is 0 Å². The first-order valence-electron chi connectivity index (χ1n) is 6.11. The molecule has 5 heteroatoms. The first-order valence-corrected chi connectivity index (χ1v) is 6.11. The third-order valence-electron chi connectivity index (χ3n) is 2.39. The smallest absolute Gasteiger partial charge is 0.228 e. The van der Waals surface area contributed by atoms with Crippen LogP contribution in [-0.4, -0.2) is 28.7 Å². The van der Waals surface area contributed by atoms with Crippen LogP contribution < -0.4 is 10.1 Å². The number of aliphatic hydroxyl groups excluding tert-OH is 1. The van der Waals surface area contributed by atoms with Gasteiger partial charge in [0, 0.05) is 12.0 Å². The summed E-state index contributed by atoms with van der Waals surface area (Å²) in [7, 11) is 0. The van der Waals surface area contributed by atoms with E-state index in [0.29, 0.717) is 18.1 Å². The SMILES string of the molecule is CC[C@@H](O)COc1cccc(NC(=O)C(C)C)n1. The van der Waals surface area contributed by atoms with E-state index in [0.717, 1.165) is 0 Å². The fourth-order valence-corrected chi connectivity index (χ4v) is 1.13. The topological polar surface area (TPSA) is 71.5 Å². The highest BCUT2D eigenvalue weighted by molar-refractivity contribution is 5.91. The lowest BCUT2D eigenvalue weighted by Crippen LogP contribution is -2.19. The molecule has 0 radical (unpaired) electrons. The van der Waals surface area contributed by atoms with Gasteiger partial charge in [0.15, 0.2) is 0 Å². The van der Waals surface area contributed by atoms with E-state index in [1.807, 2.05) is 20.8 Å². The summed E-state index contributed by atoms with van der Waals surface area (Å²) < 4.78 is 5.33. The normalized spacial score (nSPS) is 12.3. The van der Waals surface area contributed by atoms with Crippen LogP contribution in [0.3, 0.4) is 0 Å². The van der Waals surface area contributed by atoms with E-state index in [4.69, 9.17) is 4.74 Å². The first kappa shape index (κ1) is 14.4. The summed E-state index contributed by atoms with van der Waals surface area (Å²) in [5, 5.41) is 12.1. The molecular formula is C13H20N2O3. The predicted octanol–water partition coefficient (Wildman–Crippen LogP) is 1.83. The summed E-state index contributed by atoms with van der Waals surface area (Å²) in [5.74, 6) is 0.660. The molecule has 1 heterocycles. The average Bonchev–Trinajstić information content (AvgIpc) is 2.36. The van der Waals surface area contributed by atoms with E-state index >= 15 is 0 Å². The molecule has 0 unspecified atom stereocenters. The van der Waals surface area contributed by atoms with Gasteiger partial charge in [-0.1, -0.05) is 26.8 Å². The Hall–Kier alpha value is -1.62. The number of pyridine rings is 1. The Kier molecular flexibility index (Phi) is 5.58. The van der Waals surface area contributed by atoms with Crippen LogP contribution in [0.25, 0.3) is 0 Å². The molecule has 1 rings (SSSR count). The Morgan fingerprint density at radius 3 is 2.83 bits per heavy atom. The van der Waals surface area contributed by atoms with Gasteiger partial charge in [-0.15, -0.1) is 0 Å². The van der Waals surface area contributed by atoms with Gasteiger partial charge in [-0.05, 0) is 12.5 Å². The highest BCUT2D eigenvalue weighted by atomic mass is 16.5. The molecule has 100 valence electrons. The zero-order chi connectivity index (χ0) is 13.5. The summed E-state index contributed by atoms with van der Waals surface area (Å²) in [6, 6.07) is 5.13. The number of aromatic nitrogens is 1. The lowest BCUT2D eigenvalue weighted by molar-refractivity contribution is -0.118. The van der Waals surface area contributed by atoms with E-state index in [2.05, 4.69) is 10.3 Å². The van der Waals surface area contributed by atoms with Gasteiger partial charge in [0.05, 0.1) is 6.10 Å². The van der Waals surface area contributed by atoms with Gasteiger partial charge < -0.3 is 15.2 Å².